The largest absolute Gasteiger partial charge is 0.496 e. The van der Waals surface area contributed by atoms with Gasteiger partial charge >= 0.3 is 0 Å². The Balaban J connectivity index is 1.58. The molecule has 4 aliphatic rings. The standard InChI is InChI=1S/C18H17BrN2O3/c1-24-14-7-2-10(8-13(14)19)9-20-21-17(22)15-11-3-4-12(6-5-11)16(15)18(21)23/h2-4,7-9,11-12,15-16H,5-6H2,1H3/b20-9-/t11-,12-,15+,16+/m0/s1. The number of methoxy groups -OCH3 is 1. The van der Waals surface area contributed by atoms with Crippen molar-refractivity contribution < 1.29 is 14.3 Å². The molecule has 0 N–H and O–H groups in total. The number of rotatable bonds is 3. The summed E-state index contributed by atoms with van der Waals surface area (Å²) in [6, 6.07) is 5.48. The molecule has 2 bridgehead atoms. The molecule has 124 valence electrons. The second-order valence-electron chi connectivity index (χ2n) is 6.47. The van der Waals surface area contributed by atoms with E-state index in [0.29, 0.717) is 5.75 Å². The zero-order valence-electron chi connectivity index (χ0n) is 13.2. The van der Waals surface area contributed by atoms with Crippen LogP contribution in [-0.4, -0.2) is 30.1 Å². The van der Waals surface area contributed by atoms with Gasteiger partial charge in [-0.2, -0.15) is 10.1 Å². The van der Waals surface area contributed by atoms with E-state index in [1.54, 1.807) is 13.3 Å². The summed E-state index contributed by atoms with van der Waals surface area (Å²) in [4.78, 5) is 25.3. The molecule has 24 heavy (non-hydrogen) atoms. The van der Waals surface area contributed by atoms with Crippen LogP contribution in [0.3, 0.4) is 0 Å². The van der Waals surface area contributed by atoms with Gasteiger partial charge in [0.05, 0.1) is 29.6 Å². The molecule has 6 heteroatoms. The molecular formula is C18H17BrN2O3. The highest BCUT2D eigenvalue weighted by Gasteiger charge is 2.56. The average molecular weight is 389 g/mol. The molecule has 1 aromatic rings. The van der Waals surface area contributed by atoms with Crippen molar-refractivity contribution in [3.63, 3.8) is 0 Å². The highest BCUT2D eigenvalue weighted by molar-refractivity contribution is 9.10. The van der Waals surface area contributed by atoms with Crippen molar-refractivity contribution >= 4 is 34.0 Å². The Morgan fingerprint density at radius 3 is 2.29 bits per heavy atom. The normalized spacial score (nSPS) is 31.2. The lowest BCUT2D eigenvalue weighted by Gasteiger charge is -2.37. The summed E-state index contributed by atoms with van der Waals surface area (Å²) >= 11 is 3.42. The van der Waals surface area contributed by atoms with Gasteiger partial charge in [0.15, 0.2) is 0 Å². The van der Waals surface area contributed by atoms with E-state index in [0.717, 1.165) is 27.9 Å². The van der Waals surface area contributed by atoms with Crippen LogP contribution in [0.15, 0.2) is 39.9 Å². The lowest BCUT2D eigenvalue weighted by molar-refractivity contribution is -0.140. The molecule has 1 saturated heterocycles. The first-order valence-electron chi connectivity index (χ1n) is 8.04. The van der Waals surface area contributed by atoms with Gasteiger partial charge in [-0.1, -0.05) is 12.2 Å². The molecule has 5 nitrogen and oxygen atoms in total. The molecule has 1 aromatic carbocycles. The third kappa shape index (κ3) is 2.32. The van der Waals surface area contributed by atoms with Gasteiger partial charge in [0.25, 0.3) is 11.8 Å². The number of hydrazone groups is 1. The third-order valence-corrected chi connectivity index (χ3v) is 5.85. The van der Waals surface area contributed by atoms with Gasteiger partial charge in [-0.05, 0) is 64.4 Å². The second kappa shape index (κ2) is 5.84. The van der Waals surface area contributed by atoms with Gasteiger partial charge in [0.2, 0.25) is 0 Å². The van der Waals surface area contributed by atoms with Crippen molar-refractivity contribution in [3.05, 3.63) is 40.4 Å². The molecule has 5 rings (SSSR count). The Morgan fingerprint density at radius 2 is 1.79 bits per heavy atom. The van der Waals surface area contributed by atoms with Gasteiger partial charge in [-0.25, -0.2) is 0 Å². The van der Waals surface area contributed by atoms with Crippen LogP contribution >= 0.6 is 15.9 Å². The molecule has 0 aromatic heterocycles. The number of hydrogen-bond acceptors (Lipinski definition) is 4. The molecule has 1 heterocycles. The Bertz CT molecular complexity index is 742. The van der Waals surface area contributed by atoms with Crippen molar-refractivity contribution in [1.29, 1.82) is 0 Å². The maximum atomic E-state index is 12.7. The number of benzene rings is 1. The molecule has 0 unspecified atom stereocenters. The number of fused-ring (bicyclic) bond motifs is 1. The molecule has 1 aliphatic heterocycles. The van der Waals surface area contributed by atoms with E-state index < -0.39 is 0 Å². The van der Waals surface area contributed by atoms with Crippen molar-refractivity contribution in [2.75, 3.05) is 7.11 Å². The Labute approximate surface area is 148 Å². The highest BCUT2D eigenvalue weighted by atomic mass is 79.9. The fourth-order valence-corrected chi connectivity index (χ4v) is 4.62. The van der Waals surface area contributed by atoms with Gasteiger partial charge < -0.3 is 4.74 Å². The number of hydrogen-bond donors (Lipinski definition) is 0. The monoisotopic (exact) mass is 388 g/mol. The van der Waals surface area contributed by atoms with Gasteiger partial charge in [0.1, 0.15) is 5.75 Å². The third-order valence-electron chi connectivity index (χ3n) is 5.23. The molecule has 0 spiro atoms. The quantitative estimate of drug-likeness (QED) is 0.454. The fourth-order valence-electron chi connectivity index (χ4n) is 4.06. The van der Waals surface area contributed by atoms with Crippen LogP contribution in [0.5, 0.6) is 5.75 Å². The number of carbonyl (C=O) groups is 2. The van der Waals surface area contributed by atoms with Crippen LogP contribution in [0.1, 0.15) is 18.4 Å². The van der Waals surface area contributed by atoms with Crippen LogP contribution < -0.4 is 4.74 Å². The summed E-state index contributed by atoms with van der Waals surface area (Å²) in [5, 5.41) is 5.27. The average Bonchev–Trinajstić information content (AvgIpc) is 2.87. The second-order valence-corrected chi connectivity index (χ2v) is 7.32. The van der Waals surface area contributed by atoms with Crippen molar-refractivity contribution in [2.24, 2.45) is 28.8 Å². The molecule has 3 aliphatic carbocycles. The van der Waals surface area contributed by atoms with Crippen LogP contribution in [0.4, 0.5) is 0 Å². The molecule has 4 atom stereocenters. The summed E-state index contributed by atoms with van der Waals surface area (Å²) in [6.45, 7) is 0. The Hall–Kier alpha value is -1.95. The minimum Gasteiger partial charge on any atom is -0.496 e. The molecular weight excluding hydrogens is 372 g/mol. The summed E-state index contributed by atoms with van der Waals surface area (Å²) in [6.07, 6.45) is 7.74. The molecule has 1 saturated carbocycles. The van der Waals surface area contributed by atoms with Crippen molar-refractivity contribution in [2.45, 2.75) is 12.8 Å². The predicted octanol–water partition coefficient (Wildman–Crippen LogP) is 2.99. The van der Waals surface area contributed by atoms with E-state index in [-0.39, 0.29) is 35.5 Å². The van der Waals surface area contributed by atoms with E-state index in [1.165, 1.54) is 0 Å². The number of allylic oxidation sites excluding steroid dienone is 2. The van der Waals surface area contributed by atoms with Gasteiger partial charge in [-0.3, -0.25) is 9.59 Å². The first-order chi connectivity index (χ1) is 11.6. The highest BCUT2D eigenvalue weighted by Crippen LogP contribution is 2.49. The Morgan fingerprint density at radius 1 is 1.17 bits per heavy atom. The van der Waals surface area contributed by atoms with E-state index >= 15 is 0 Å². The van der Waals surface area contributed by atoms with Crippen molar-refractivity contribution in [3.8, 4) is 5.75 Å². The van der Waals surface area contributed by atoms with Crippen LogP contribution in [0.25, 0.3) is 0 Å². The van der Waals surface area contributed by atoms with Crippen molar-refractivity contribution in [1.82, 2.24) is 5.01 Å². The molecule has 0 radical (unpaired) electrons. The number of ether oxygens (including phenoxy) is 1. The molecule has 2 fully saturated rings. The minimum absolute atomic E-state index is 0.159. The lowest BCUT2D eigenvalue weighted by atomic mass is 9.63. The SMILES string of the molecule is COc1ccc(/C=N\N2C(=O)[C@H]3[C@H](C2=O)[C@H]2C=C[C@H]3CC2)cc1Br. The topological polar surface area (TPSA) is 59.0 Å². The molecule has 2 amide bonds. The fraction of sp³-hybridized carbons (Fsp3) is 0.389. The summed E-state index contributed by atoms with van der Waals surface area (Å²) < 4.78 is 5.99. The smallest absolute Gasteiger partial charge is 0.254 e. The van der Waals surface area contributed by atoms with E-state index in [4.69, 9.17) is 4.74 Å². The number of imide groups is 1. The summed E-state index contributed by atoms with van der Waals surface area (Å²) in [7, 11) is 1.60. The first-order valence-corrected chi connectivity index (χ1v) is 8.83. The minimum atomic E-state index is -0.221. The maximum absolute atomic E-state index is 12.7. The summed E-state index contributed by atoms with van der Waals surface area (Å²) in [5.74, 6) is 0.329. The number of halogens is 1. The predicted molar refractivity (Wildman–Crippen MR) is 92.5 cm³/mol. The van der Waals surface area contributed by atoms with Crippen LogP contribution in [0, 0.1) is 23.7 Å². The van der Waals surface area contributed by atoms with Gasteiger partial charge in [-0.15, -0.1) is 0 Å². The Kier molecular flexibility index (Phi) is 3.79. The summed E-state index contributed by atoms with van der Waals surface area (Å²) in [5.41, 5.74) is 0.791. The number of amides is 2. The van der Waals surface area contributed by atoms with E-state index in [9.17, 15) is 9.59 Å². The van der Waals surface area contributed by atoms with Crippen LogP contribution in [0.2, 0.25) is 0 Å². The first kappa shape index (κ1) is 15.6. The van der Waals surface area contributed by atoms with Gasteiger partial charge in [0, 0.05) is 0 Å². The number of carbonyl (C=O) groups excluding carboxylic acids is 2. The van der Waals surface area contributed by atoms with E-state index in [1.807, 2.05) is 18.2 Å². The lowest BCUT2D eigenvalue weighted by Crippen LogP contribution is -2.38. The maximum Gasteiger partial charge on any atom is 0.254 e. The van der Waals surface area contributed by atoms with E-state index in [2.05, 4.69) is 33.2 Å². The zero-order valence-corrected chi connectivity index (χ0v) is 14.8. The zero-order chi connectivity index (χ0) is 16.8. The van der Waals surface area contributed by atoms with Crippen LogP contribution in [-0.2, 0) is 9.59 Å². The number of nitrogens with zero attached hydrogens (tertiary/aromatic N) is 2.